The molecule has 0 heterocycles. The van der Waals surface area contributed by atoms with E-state index in [2.05, 4.69) is 10.0 Å². The average Bonchev–Trinajstić information content (AvgIpc) is 2.37. The third-order valence-corrected chi connectivity index (χ3v) is 3.82. The Kier molecular flexibility index (Phi) is 5.91. The van der Waals surface area contributed by atoms with Crippen molar-refractivity contribution in [2.75, 3.05) is 13.1 Å². The molecule has 0 saturated carbocycles. The van der Waals surface area contributed by atoms with Crippen LogP contribution in [0.4, 0.5) is 4.39 Å². The van der Waals surface area contributed by atoms with Gasteiger partial charge in [0.1, 0.15) is 5.82 Å². The van der Waals surface area contributed by atoms with Gasteiger partial charge in [-0.15, -0.1) is 0 Å². The summed E-state index contributed by atoms with van der Waals surface area (Å²) in [5, 5.41) is 2.59. The first-order chi connectivity index (χ1) is 8.95. The number of amides is 1. The fourth-order valence-electron chi connectivity index (χ4n) is 1.32. The highest BCUT2D eigenvalue weighted by Crippen LogP contribution is 2.08. The Hall–Kier alpha value is -1.47. The van der Waals surface area contributed by atoms with Crippen molar-refractivity contribution in [1.82, 2.24) is 10.0 Å². The van der Waals surface area contributed by atoms with Gasteiger partial charge in [-0.25, -0.2) is 17.5 Å². The molecule has 1 rings (SSSR count). The zero-order valence-electron chi connectivity index (χ0n) is 10.6. The van der Waals surface area contributed by atoms with E-state index in [1.165, 1.54) is 0 Å². The number of carbonyl (C=O) groups excluding carboxylic acids is 1. The van der Waals surface area contributed by atoms with Gasteiger partial charge in [0.25, 0.3) is 0 Å². The second-order valence-electron chi connectivity index (χ2n) is 3.98. The summed E-state index contributed by atoms with van der Waals surface area (Å²) in [6, 6.07) is 4.39. The van der Waals surface area contributed by atoms with Gasteiger partial charge in [0.2, 0.25) is 15.9 Å². The van der Waals surface area contributed by atoms with Gasteiger partial charge in [-0.1, -0.05) is 13.3 Å². The predicted octanol–water partition coefficient (Wildman–Crippen LogP) is 1.02. The van der Waals surface area contributed by atoms with E-state index >= 15 is 0 Å². The molecule has 19 heavy (non-hydrogen) atoms. The van der Waals surface area contributed by atoms with Gasteiger partial charge in [0, 0.05) is 6.54 Å². The molecule has 0 saturated heterocycles. The van der Waals surface area contributed by atoms with Crippen LogP contribution < -0.4 is 10.0 Å². The van der Waals surface area contributed by atoms with Crippen LogP contribution >= 0.6 is 0 Å². The van der Waals surface area contributed by atoms with Crippen LogP contribution in [0.25, 0.3) is 0 Å². The number of carbonyl (C=O) groups is 1. The quantitative estimate of drug-likeness (QED) is 0.736. The van der Waals surface area contributed by atoms with Crippen LogP contribution in [-0.4, -0.2) is 27.4 Å². The molecule has 1 aromatic rings. The molecule has 1 amide bonds. The number of benzene rings is 1. The van der Waals surface area contributed by atoms with Crippen LogP contribution in [-0.2, 0) is 14.8 Å². The highest BCUT2D eigenvalue weighted by Gasteiger charge is 2.15. The molecule has 0 aromatic heterocycles. The van der Waals surface area contributed by atoms with E-state index in [-0.39, 0.29) is 17.3 Å². The molecule has 0 fully saturated rings. The van der Waals surface area contributed by atoms with Crippen molar-refractivity contribution in [2.45, 2.75) is 24.7 Å². The molecule has 7 heteroatoms. The maximum Gasteiger partial charge on any atom is 0.241 e. The lowest BCUT2D eigenvalue weighted by Gasteiger charge is -2.07. The zero-order valence-corrected chi connectivity index (χ0v) is 11.5. The monoisotopic (exact) mass is 288 g/mol. The lowest BCUT2D eigenvalue weighted by molar-refractivity contribution is -0.119. The van der Waals surface area contributed by atoms with Crippen molar-refractivity contribution in [3.05, 3.63) is 30.1 Å². The highest BCUT2D eigenvalue weighted by atomic mass is 32.2. The van der Waals surface area contributed by atoms with Gasteiger partial charge in [0.05, 0.1) is 11.4 Å². The summed E-state index contributed by atoms with van der Waals surface area (Å²) in [5.74, 6) is -0.907. The number of halogens is 1. The van der Waals surface area contributed by atoms with Gasteiger partial charge < -0.3 is 5.32 Å². The topological polar surface area (TPSA) is 75.3 Å². The van der Waals surface area contributed by atoms with Crippen molar-refractivity contribution >= 4 is 15.9 Å². The lowest BCUT2D eigenvalue weighted by atomic mass is 10.3. The fourth-order valence-corrected chi connectivity index (χ4v) is 2.31. The number of sulfonamides is 1. The van der Waals surface area contributed by atoms with Gasteiger partial charge >= 0.3 is 0 Å². The summed E-state index contributed by atoms with van der Waals surface area (Å²) >= 11 is 0. The van der Waals surface area contributed by atoms with E-state index < -0.39 is 15.8 Å². The summed E-state index contributed by atoms with van der Waals surface area (Å²) in [6.07, 6.45) is 1.79. The molecule has 5 nitrogen and oxygen atoms in total. The Morgan fingerprint density at radius 1 is 1.26 bits per heavy atom. The lowest BCUT2D eigenvalue weighted by Crippen LogP contribution is -2.37. The van der Waals surface area contributed by atoms with Crippen molar-refractivity contribution < 1.29 is 17.6 Å². The van der Waals surface area contributed by atoms with E-state index in [0.717, 1.165) is 37.1 Å². The van der Waals surface area contributed by atoms with E-state index in [1.807, 2.05) is 6.92 Å². The third kappa shape index (κ3) is 5.35. The minimum atomic E-state index is -3.78. The van der Waals surface area contributed by atoms with Gasteiger partial charge in [-0.3, -0.25) is 4.79 Å². The van der Waals surface area contributed by atoms with Crippen LogP contribution in [0, 0.1) is 5.82 Å². The number of nitrogens with one attached hydrogen (secondary N) is 2. The first kappa shape index (κ1) is 15.6. The highest BCUT2D eigenvalue weighted by molar-refractivity contribution is 7.89. The van der Waals surface area contributed by atoms with Gasteiger partial charge in [-0.2, -0.15) is 0 Å². The second-order valence-corrected chi connectivity index (χ2v) is 5.75. The minimum absolute atomic E-state index is 0.0738. The van der Waals surface area contributed by atoms with Crippen LogP contribution in [0.1, 0.15) is 19.8 Å². The summed E-state index contributed by atoms with van der Waals surface area (Å²) < 4.78 is 38.4. The van der Waals surface area contributed by atoms with Crippen LogP contribution in [0.5, 0.6) is 0 Å². The molecular formula is C12H17FN2O3S. The number of hydrogen-bond acceptors (Lipinski definition) is 3. The second kappa shape index (κ2) is 7.20. The minimum Gasteiger partial charge on any atom is -0.355 e. The van der Waals surface area contributed by atoms with Crippen molar-refractivity contribution in [3.63, 3.8) is 0 Å². The molecule has 0 atom stereocenters. The van der Waals surface area contributed by atoms with Crippen LogP contribution in [0.2, 0.25) is 0 Å². The van der Waals surface area contributed by atoms with Crippen LogP contribution in [0.15, 0.2) is 29.2 Å². The maximum absolute atomic E-state index is 12.7. The predicted molar refractivity (Wildman–Crippen MR) is 69.5 cm³/mol. The molecule has 0 unspecified atom stereocenters. The fraction of sp³-hybridized carbons (Fsp3) is 0.417. The van der Waals surface area contributed by atoms with Crippen LogP contribution in [0.3, 0.4) is 0 Å². The third-order valence-electron chi connectivity index (χ3n) is 2.40. The van der Waals surface area contributed by atoms with Crippen molar-refractivity contribution in [2.24, 2.45) is 0 Å². The van der Waals surface area contributed by atoms with E-state index in [9.17, 15) is 17.6 Å². The summed E-state index contributed by atoms with van der Waals surface area (Å²) in [6.45, 7) is 2.18. The van der Waals surface area contributed by atoms with E-state index in [4.69, 9.17) is 0 Å². The molecule has 0 radical (unpaired) electrons. The van der Waals surface area contributed by atoms with E-state index in [0.29, 0.717) is 6.54 Å². The van der Waals surface area contributed by atoms with Crippen molar-refractivity contribution in [1.29, 1.82) is 0 Å². The molecule has 106 valence electrons. The maximum atomic E-state index is 12.7. The number of hydrogen-bond donors (Lipinski definition) is 2. The first-order valence-corrected chi connectivity index (χ1v) is 7.46. The molecule has 2 N–H and O–H groups in total. The number of unbranched alkanes of at least 4 members (excludes halogenated alkanes) is 1. The van der Waals surface area contributed by atoms with Gasteiger partial charge in [-0.05, 0) is 30.7 Å². The summed E-state index contributed by atoms with van der Waals surface area (Å²) in [5.41, 5.74) is 0. The Bertz CT molecular complexity index is 514. The molecule has 0 bridgehead atoms. The Morgan fingerprint density at radius 3 is 2.47 bits per heavy atom. The Morgan fingerprint density at radius 2 is 1.89 bits per heavy atom. The standard InChI is InChI=1S/C12H17FN2O3S/c1-2-3-8-14-12(16)9-15-19(17,18)11-6-4-10(13)5-7-11/h4-7,15H,2-3,8-9H2,1H3,(H,14,16). The Balaban J connectivity index is 2.51. The smallest absolute Gasteiger partial charge is 0.241 e. The van der Waals surface area contributed by atoms with E-state index in [1.54, 1.807) is 0 Å². The SMILES string of the molecule is CCCCNC(=O)CNS(=O)(=O)c1ccc(F)cc1. The molecule has 0 spiro atoms. The number of rotatable bonds is 7. The zero-order chi connectivity index (χ0) is 14.3. The normalized spacial score (nSPS) is 11.3. The largest absolute Gasteiger partial charge is 0.355 e. The molecule has 1 aromatic carbocycles. The molecule has 0 aliphatic carbocycles. The summed E-state index contributed by atoms with van der Waals surface area (Å²) in [4.78, 5) is 11.3. The van der Waals surface area contributed by atoms with Crippen molar-refractivity contribution in [3.8, 4) is 0 Å². The molecular weight excluding hydrogens is 271 g/mol. The summed E-state index contributed by atoms with van der Waals surface area (Å²) in [7, 11) is -3.78. The van der Waals surface area contributed by atoms with Gasteiger partial charge in [0.15, 0.2) is 0 Å². The average molecular weight is 288 g/mol. The Labute approximate surface area is 112 Å². The molecule has 0 aliphatic heterocycles. The first-order valence-electron chi connectivity index (χ1n) is 5.97. The molecule has 0 aliphatic rings.